The van der Waals surface area contributed by atoms with Crippen molar-refractivity contribution in [3.05, 3.63) is 64.2 Å². The van der Waals surface area contributed by atoms with Gasteiger partial charge in [-0.15, -0.1) is 0 Å². The second-order valence-corrected chi connectivity index (χ2v) is 7.38. The Labute approximate surface area is 124 Å². The third kappa shape index (κ3) is 1.66. The summed E-state index contributed by atoms with van der Waals surface area (Å²) in [4.78, 5) is 0. The molecule has 0 spiro atoms. The number of allylic oxidation sites excluding steroid dienone is 1. The van der Waals surface area contributed by atoms with E-state index in [4.69, 9.17) is 0 Å². The highest BCUT2D eigenvalue weighted by molar-refractivity contribution is 6.16. The summed E-state index contributed by atoms with van der Waals surface area (Å²) in [5.74, 6) is 0. The molecule has 1 heteroatoms. The van der Waals surface area contributed by atoms with E-state index < -0.39 is 0 Å². The minimum Gasteiger partial charge on any atom is -0.0689 e. The van der Waals surface area contributed by atoms with Crippen molar-refractivity contribution in [2.24, 2.45) is 0 Å². The van der Waals surface area contributed by atoms with Gasteiger partial charge in [0.25, 0.3) is 0 Å². The molecule has 20 heavy (non-hydrogen) atoms. The fourth-order valence-corrected chi connectivity index (χ4v) is 4.47. The summed E-state index contributed by atoms with van der Waals surface area (Å²) in [7, 11) is 1.22. The Morgan fingerprint density at radius 3 is 2.70 bits per heavy atom. The van der Waals surface area contributed by atoms with E-state index in [-0.39, 0.29) is 0 Å². The normalized spacial score (nSPS) is 19.9. The van der Waals surface area contributed by atoms with E-state index in [1.165, 1.54) is 46.2 Å². The van der Waals surface area contributed by atoms with Crippen molar-refractivity contribution in [2.45, 2.75) is 31.7 Å². The Morgan fingerprint density at radius 2 is 1.90 bits per heavy atom. The lowest BCUT2D eigenvalue weighted by atomic mass is 9.89. The molecule has 0 amide bonds. The van der Waals surface area contributed by atoms with Crippen LogP contribution in [-0.2, 0) is 12.8 Å². The van der Waals surface area contributed by atoms with E-state index >= 15 is 0 Å². The summed E-state index contributed by atoms with van der Waals surface area (Å²) >= 11 is 0. The number of hydrogen-bond acceptors (Lipinski definition) is 0. The van der Waals surface area contributed by atoms with Gasteiger partial charge >= 0.3 is 0 Å². The van der Waals surface area contributed by atoms with Gasteiger partial charge in [0.2, 0.25) is 0 Å². The molecule has 0 nitrogen and oxygen atoms in total. The zero-order valence-electron chi connectivity index (χ0n) is 12.2. The Kier molecular flexibility index (Phi) is 2.71. The maximum Gasteiger partial charge on any atom is 0.0174 e. The van der Waals surface area contributed by atoms with Crippen LogP contribution >= 0.6 is 0 Å². The quantitative estimate of drug-likeness (QED) is 0.697. The van der Waals surface area contributed by atoms with Crippen molar-refractivity contribution in [1.82, 2.24) is 0 Å². The molecule has 0 saturated carbocycles. The van der Waals surface area contributed by atoms with Crippen molar-refractivity contribution < 1.29 is 0 Å². The van der Waals surface area contributed by atoms with Crippen LogP contribution in [0.25, 0.3) is 17.2 Å². The molecule has 2 aromatic rings. The number of rotatable bonds is 1. The van der Waals surface area contributed by atoms with Gasteiger partial charge in [-0.25, -0.2) is 0 Å². The lowest BCUT2D eigenvalue weighted by Gasteiger charge is -2.16. The van der Waals surface area contributed by atoms with Crippen LogP contribution in [0.3, 0.4) is 0 Å². The Bertz CT molecular complexity index is 710. The van der Waals surface area contributed by atoms with Crippen LogP contribution in [0, 0.1) is 0 Å². The van der Waals surface area contributed by atoms with E-state index in [9.17, 15) is 0 Å². The van der Waals surface area contributed by atoms with Gasteiger partial charge in [-0.2, -0.15) is 0 Å². The number of aryl methyl sites for hydroxylation is 1. The molecule has 1 unspecified atom stereocenters. The van der Waals surface area contributed by atoms with E-state index in [1.807, 2.05) is 0 Å². The van der Waals surface area contributed by atoms with Crippen LogP contribution in [0.15, 0.2) is 42.0 Å². The molecule has 0 radical (unpaired) electrons. The van der Waals surface area contributed by atoms with Gasteiger partial charge in [0.05, 0.1) is 0 Å². The first-order chi connectivity index (χ1) is 9.75. The van der Waals surface area contributed by atoms with Crippen LogP contribution in [0.2, 0.25) is 0 Å². The zero-order valence-corrected chi connectivity index (χ0v) is 14.2. The summed E-state index contributed by atoms with van der Waals surface area (Å²) in [6.07, 6.45) is 6.31. The highest BCUT2D eigenvalue weighted by Gasteiger charge is 2.27. The Balaban J connectivity index is 2.05. The topological polar surface area (TPSA) is 0 Å². The van der Waals surface area contributed by atoms with Crippen LogP contribution in [0.1, 0.15) is 41.1 Å². The lowest BCUT2D eigenvalue weighted by Crippen LogP contribution is -2.00. The molecule has 0 heterocycles. The highest BCUT2D eigenvalue weighted by Crippen LogP contribution is 2.44. The molecule has 0 saturated heterocycles. The molecule has 0 aromatic heterocycles. The van der Waals surface area contributed by atoms with Gasteiger partial charge in [0.15, 0.2) is 0 Å². The molecule has 0 N–H and O–H groups in total. The van der Waals surface area contributed by atoms with Gasteiger partial charge in [-0.1, -0.05) is 48.0 Å². The van der Waals surface area contributed by atoms with E-state index in [0.717, 1.165) is 5.54 Å². The van der Waals surface area contributed by atoms with Gasteiger partial charge in [0.1, 0.15) is 0 Å². The smallest absolute Gasteiger partial charge is 0.0174 e. The second-order valence-electron chi connectivity index (χ2n) is 6.22. The van der Waals surface area contributed by atoms with E-state index in [2.05, 4.69) is 49.4 Å². The minimum atomic E-state index is 0.721. The SMILES string of the molecule is CC1=Cc2c(cc3c(c2-c2ccccc2)CCC3)C1[SiH3]. The zero-order chi connectivity index (χ0) is 13.7. The standard InChI is InChI=1S/C19H20Si/c1-12-10-16-17(19(12)20)11-14-8-5-9-15(14)18(16)13-6-3-2-4-7-13/h2-4,6-7,10-11,19H,5,8-9H2,1,20H3. The third-order valence-electron chi connectivity index (χ3n) is 5.06. The average Bonchev–Trinajstić information content (AvgIpc) is 3.04. The maximum absolute atomic E-state index is 2.52. The summed E-state index contributed by atoms with van der Waals surface area (Å²) in [6, 6.07) is 13.5. The molecule has 0 aliphatic heterocycles. The minimum absolute atomic E-state index is 0.721. The van der Waals surface area contributed by atoms with Crippen LogP contribution < -0.4 is 0 Å². The fourth-order valence-electron chi connectivity index (χ4n) is 3.83. The maximum atomic E-state index is 2.52. The molecule has 2 aliphatic rings. The van der Waals surface area contributed by atoms with Gasteiger partial charge in [-0.05, 0) is 65.1 Å². The molecule has 0 bridgehead atoms. The molecule has 100 valence electrons. The molecular weight excluding hydrogens is 256 g/mol. The summed E-state index contributed by atoms with van der Waals surface area (Å²) < 4.78 is 0. The van der Waals surface area contributed by atoms with Crippen molar-refractivity contribution >= 4 is 16.3 Å². The van der Waals surface area contributed by atoms with Crippen LogP contribution in [-0.4, -0.2) is 10.2 Å². The third-order valence-corrected chi connectivity index (χ3v) is 6.59. The molecule has 0 fully saturated rings. The first-order valence-corrected chi connectivity index (χ1v) is 8.83. The van der Waals surface area contributed by atoms with Crippen molar-refractivity contribution in [3.8, 4) is 11.1 Å². The van der Waals surface area contributed by atoms with Crippen LogP contribution in [0.4, 0.5) is 0 Å². The lowest BCUT2D eigenvalue weighted by molar-refractivity contribution is 0.911. The molecule has 2 aromatic carbocycles. The van der Waals surface area contributed by atoms with Crippen molar-refractivity contribution in [1.29, 1.82) is 0 Å². The number of fused-ring (bicyclic) bond motifs is 2. The predicted molar refractivity (Wildman–Crippen MR) is 90.2 cm³/mol. The Morgan fingerprint density at radius 1 is 1.10 bits per heavy atom. The van der Waals surface area contributed by atoms with E-state index in [1.54, 1.807) is 22.3 Å². The molecule has 4 rings (SSSR count). The first-order valence-electron chi connectivity index (χ1n) is 7.68. The molecular formula is C19H20Si. The van der Waals surface area contributed by atoms with Gasteiger partial charge in [0, 0.05) is 10.2 Å². The largest absolute Gasteiger partial charge is 0.0689 e. The van der Waals surface area contributed by atoms with Crippen LogP contribution in [0.5, 0.6) is 0 Å². The average molecular weight is 276 g/mol. The summed E-state index contributed by atoms with van der Waals surface area (Å²) in [6.45, 7) is 2.30. The number of benzene rings is 2. The molecule has 2 aliphatic carbocycles. The van der Waals surface area contributed by atoms with E-state index in [0.29, 0.717) is 0 Å². The van der Waals surface area contributed by atoms with Gasteiger partial charge in [-0.3, -0.25) is 0 Å². The highest BCUT2D eigenvalue weighted by atomic mass is 28.1. The summed E-state index contributed by atoms with van der Waals surface area (Å²) in [5.41, 5.74) is 11.6. The monoisotopic (exact) mass is 276 g/mol. The summed E-state index contributed by atoms with van der Waals surface area (Å²) in [5, 5.41) is 0. The van der Waals surface area contributed by atoms with Gasteiger partial charge < -0.3 is 0 Å². The van der Waals surface area contributed by atoms with Crippen molar-refractivity contribution in [3.63, 3.8) is 0 Å². The first kappa shape index (κ1) is 12.2. The fraction of sp³-hybridized carbons (Fsp3) is 0.263. The predicted octanol–water partition coefficient (Wildman–Crippen LogP) is 3.67. The molecule has 1 atom stereocenters. The Hall–Kier alpha value is -1.60. The van der Waals surface area contributed by atoms with Crippen molar-refractivity contribution in [2.75, 3.05) is 0 Å². The number of hydrogen-bond donors (Lipinski definition) is 0. The second kappa shape index (κ2) is 4.46.